The second-order valence-corrected chi connectivity index (χ2v) is 8.17. The van der Waals surface area contributed by atoms with Crippen molar-refractivity contribution in [1.82, 2.24) is 4.90 Å². The van der Waals surface area contributed by atoms with Gasteiger partial charge in [0.25, 0.3) is 0 Å². The third-order valence-corrected chi connectivity index (χ3v) is 6.51. The van der Waals surface area contributed by atoms with Crippen LogP contribution in [-0.2, 0) is 11.2 Å². The van der Waals surface area contributed by atoms with Gasteiger partial charge in [-0.2, -0.15) is 0 Å². The number of nitrogens with zero attached hydrogens (tertiary/aromatic N) is 1. The molecule has 3 atom stereocenters. The Morgan fingerprint density at radius 1 is 1.11 bits per heavy atom. The lowest BCUT2D eigenvalue weighted by Crippen LogP contribution is -2.54. The van der Waals surface area contributed by atoms with E-state index in [0.29, 0.717) is 12.5 Å². The minimum absolute atomic E-state index is 0.0366. The first-order valence-corrected chi connectivity index (χ1v) is 10.4. The maximum Gasteiger partial charge on any atom is 0.161 e. The summed E-state index contributed by atoms with van der Waals surface area (Å²) in [4.78, 5) is 2.57. The van der Waals surface area contributed by atoms with Gasteiger partial charge in [-0.1, -0.05) is 6.42 Å². The zero-order chi connectivity index (χ0) is 20.1. The number of unbranched alkanes of at least 4 members (excludes halogenated alkanes) is 1. The summed E-state index contributed by atoms with van der Waals surface area (Å²) >= 11 is 0. The Morgan fingerprint density at radius 2 is 1.86 bits per heavy atom. The summed E-state index contributed by atoms with van der Waals surface area (Å²) in [5, 5.41) is 18.5. The van der Waals surface area contributed by atoms with Crippen LogP contribution in [0.1, 0.15) is 49.8 Å². The molecule has 0 aliphatic carbocycles. The molecule has 0 spiro atoms. The van der Waals surface area contributed by atoms with Crippen LogP contribution in [0.2, 0.25) is 0 Å². The summed E-state index contributed by atoms with van der Waals surface area (Å²) in [6.45, 7) is 4.83. The molecule has 2 aliphatic rings. The molecule has 0 radical (unpaired) electrons. The zero-order valence-corrected chi connectivity index (χ0v) is 17.4. The van der Waals surface area contributed by atoms with Crippen molar-refractivity contribution in [3.05, 3.63) is 23.3 Å². The van der Waals surface area contributed by atoms with Crippen molar-refractivity contribution in [2.24, 2.45) is 5.92 Å². The number of benzene rings is 1. The standard InChI is InChI=1S/C22H35NO5/c1-22(28-11-10-25)14-19-18-13-21(27-3)20(26-2)12-16(18)7-8-23(19)15-17(22)6-4-5-9-24/h12-13,17,19,24-25H,4-11,14-15H2,1-3H3/t17-,19-,22-/m1/s1. The van der Waals surface area contributed by atoms with Crippen LogP contribution in [0.5, 0.6) is 11.5 Å². The summed E-state index contributed by atoms with van der Waals surface area (Å²) < 4.78 is 17.3. The second-order valence-electron chi connectivity index (χ2n) is 8.17. The van der Waals surface area contributed by atoms with E-state index in [0.717, 1.165) is 56.7 Å². The molecule has 6 nitrogen and oxygen atoms in total. The summed E-state index contributed by atoms with van der Waals surface area (Å²) in [5.41, 5.74) is 2.33. The molecule has 0 saturated carbocycles. The minimum Gasteiger partial charge on any atom is -0.493 e. The number of piperidine rings is 1. The van der Waals surface area contributed by atoms with Crippen molar-refractivity contribution in [2.45, 2.75) is 50.7 Å². The van der Waals surface area contributed by atoms with E-state index >= 15 is 0 Å². The molecular weight excluding hydrogens is 358 g/mol. The van der Waals surface area contributed by atoms with E-state index in [-0.39, 0.29) is 24.9 Å². The summed E-state index contributed by atoms with van der Waals surface area (Å²) in [5.74, 6) is 1.95. The molecule has 1 aromatic carbocycles. The van der Waals surface area contributed by atoms with Crippen LogP contribution in [0.25, 0.3) is 0 Å². The van der Waals surface area contributed by atoms with Crippen LogP contribution in [-0.4, -0.2) is 67.8 Å². The predicted molar refractivity (Wildman–Crippen MR) is 108 cm³/mol. The fourth-order valence-electron chi connectivity index (χ4n) is 4.92. The van der Waals surface area contributed by atoms with Crippen LogP contribution >= 0.6 is 0 Å². The van der Waals surface area contributed by atoms with Crippen LogP contribution in [0, 0.1) is 5.92 Å². The van der Waals surface area contributed by atoms with Gasteiger partial charge in [0.15, 0.2) is 11.5 Å². The van der Waals surface area contributed by atoms with Gasteiger partial charge in [0.05, 0.1) is 33.0 Å². The maximum absolute atomic E-state index is 9.33. The fourth-order valence-corrected chi connectivity index (χ4v) is 4.92. The second kappa shape index (κ2) is 9.44. The van der Waals surface area contributed by atoms with E-state index in [2.05, 4.69) is 24.0 Å². The molecule has 1 fully saturated rings. The Bertz CT molecular complexity index is 652. The number of hydrogen-bond acceptors (Lipinski definition) is 6. The molecule has 1 aromatic rings. The highest BCUT2D eigenvalue weighted by molar-refractivity contribution is 5.49. The molecule has 1 saturated heterocycles. The largest absolute Gasteiger partial charge is 0.493 e. The molecule has 2 aliphatic heterocycles. The van der Waals surface area contributed by atoms with Crippen LogP contribution in [0.4, 0.5) is 0 Å². The molecule has 0 aromatic heterocycles. The third-order valence-electron chi connectivity index (χ3n) is 6.51. The number of aliphatic hydroxyl groups excluding tert-OH is 2. The number of methoxy groups -OCH3 is 2. The van der Waals surface area contributed by atoms with Gasteiger partial charge < -0.3 is 24.4 Å². The van der Waals surface area contributed by atoms with Crippen molar-refractivity contribution in [3.8, 4) is 11.5 Å². The summed E-state index contributed by atoms with van der Waals surface area (Å²) in [7, 11) is 3.36. The van der Waals surface area contributed by atoms with Gasteiger partial charge in [0.1, 0.15) is 0 Å². The Hall–Kier alpha value is -1.34. The zero-order valence-electron chi connectivity index (χ0n) is 17.4. The molecular formula is C22H35NO5. The molecule has 0 unspecified atom stereocenters. The number of hydrogen-bond donors (Lipinski definition) is 2. The lowest BCUT2D eigenvalue weighted by Gasteiger charge is -2.52. The minimum atomic E-state index is -0.291. The maximum atomic E-state index is 9.33. The van der Waals surface area contributed by atoms with Crippen LogP contribution in [0.15, 0.2) is 12.1 Å². The molecule has 28 heavy (non-hydrogen) atoms. The molecule has 6 heteroatoms. The van der Waals surface area contributed by atoms with Crippen molar-refractivity contribution in [3.63, 3.8) is 0 Å². The molecule has 2 N–H and O–H groups in total. The Kier molecular flexibility index (Phi) is 7.20. The molecule has 0 amide bonds. The van der Waals surface area contributed by atoms with Crippen molar-refractivity contribution in [1.29, 1.82) is 0 Å². The Balaban J connectivity index is 1.88. The molecule has 158 valence electrons. The van der Waals surface area contributed by atoms with E-state index in [9.17, 15) is 5.11 Å². The number of aliphatic hydroxyl groups is 2. The average molecular weight is 394 g/mol. The van der Waals surface area contributed by atoms with Gasteiger partial charge in [0.2, 0.25) is 0 Å². The first-order chi connectivity index (χ1) is 13.6. The highest BCUT2D eigenvalue weighted by Crippen LogP contribution is 2.48. The normalized spacial score (nSPS) is 27.2. The first kappa shape index (κ1) is 21.4. The van der Waals surface area contributed by atoms with E-state index in [1.54, 1.807) is 14.2 Å². The van der Waals surface area contributed by atoms with Gasteiger partial charge in [-0.25, -0.2) is 0 Å². The monoisotopic (exact) mass is 393 g/mol. The topological polar surface area (TPSA) is 71.4 Å². The van der Waals surface area contributed by atoms with Gasteiger partial charge in [-0.3, -0.25) is 4.90 Å². The first-order valence-electron chi connectivity index (χ1n) is 10.4. The quantitative estimate of drug-likeness (QED) is 0.629. The van der Waals surface area contributed by atoms with Gasteiger partial charge in [0, 0.05) is 31.7 Å². The molecule has 2 heterocycles. The van der Waals surface area contributed by atoms with E-state index in [1.807, 2.05) is 0 Å². The smallest absolute Gasteiger partial charge is 0.161 e. The number of fused-ring (bicyclic) bond motifs is 3. The fraction of sp³-hybridized carbons (Fsp3) is 0.727. The van der Waals surface area contributed by atoms with Gasteiger partial charge >= 0.3 is 0 Å². The molecule has 3 rings (SSSR count). The van der Waals surface area contributed by atoms with Crippen LogP contribution < -0.4 is 9.47 Å². The lowest BCUT2D eigenvalue weighted by atomic mass is 9.72. The van der Waals surface area contributed by atoms with E-state index in [4.69, 9.17) is 19.3 Å². The number of ether oxygens (including phenoxy) is 3. The van der Waals surface area contributed by atoms with E-state index < -0.39 is 0 Å². The Morgan fingerprint density at radius 3 is 2.54 bits per heavy atom. The summed E-state index contributed by atoms with van der Waals surface area (Å²) in [6, 6.07) is 4.52. The number of rotatable bonds is 9. The highest BCUT2D eigenvalue weighted by atomic mass is 16.5. The van der Waals surface area contributed by atoms with Crippen molar-refractivity contribution < 1.29 is 24.4 Å². The predicted octanol–water partition coefficient (Wildman–Crippen LogP) is 2.55. The van der Waals surface area contributed by atoms with Crippen molar-refractivity contribution >= 4 is 0 Å². The lowest BCUT2D eigenvalue weighted by molar-refractivity contribution is -0.138. The van der Waals surface area contributed by atoms with Gasteiger partial charge in [-0.15, -0.1) is 0 Å². The summed E-state index contributed by atoms with van der Waals surface area (Å²) in [6.07, 6.45) is 4.75. The SMILES string of the molecule is COc1cc2c(cc1OC)[C@H]1C[C@@](C)(OCCO)[C@H](CCCCO)CN1CC2. The van der Waals surface area contributed by atoms with Crippen LogP contribution in [0.3, 0.4) is 0 Å². The molecule has 0 bridgehead atoms. The van der Waals surface area contributed by atoms with E-state index in [1.165, 1.54) is 11.1 Å². The highest BCUT2D eigenvalue weighted by Gasteiger charge is 2.46. The Labute approximate surface area is 168 Å². The average Bonchev–Trinajstić information content (AvgIpc) is 2.71. The van der Waals surface area contributed by atoms with Gasteiger partial charge in [-0.05, 0) is 55.9 Å². The third kappa shape index (κ3) is 4.30. The van der Waals surface area contributed by atoms with Crippen molar-refractivity contribution in [2.75, 3.05) is 47.1 Å².